The van der Waals surface area contributed by atoms with E-state index in [1.54, 1.807) is 121 Å². The van der Waals surface area contributed by atoms with Crippen molar-refractivity contribution in [2.24, 2.45) is 13.5 Å². The van der Waals surface area contributed by atoms with Crippen LogP contribution in [-0.4, -0.2) is 28.9 Å². The molecule has 1 heterocycles. The summed E-state index contributed by atoms with van der Waals surface area (Å²) in [5.74, 6) is 0.530. The predicted molar refractivity (Wildman–Crippen MR) is 215 cm³/mol. The number of carbonyl (C=O) groups excluding carboxylic acids is 5. The summed E-state index contributed by atoms with van der Waals surface area (Å²) in [5.41, 5.74) is 2.23. The molecule has 1 aliphatic rings. The molecular weight excluding hydrogens is 775 g/mol. The number of carbonyl (C=O) groups is 5. The van der Waals surface area contributed by atoms with Gasteiger partial charge in [-0.3, -0.25) is 24.0 Å². The maximum absolute atomic E-state index is 12.1. The van der Waals surface area contributed by atoms with Crippen LogP contribution in [0, 0.1) is 0 Å². The molecule has 0 N–H and O–H groups in total. The van der Waals surface area contributed by atoms with E-state index < -0.39 is 23.4 Å². The van der Waals surface area contributed by atoms with Crippen molar-refractivity contribution in [3.8, 4) is 28.7 Å². The molecule has 0 fully saturated rings. The average molecular weight is 812 g/mol. The molecule has 16 heteroatoms. The van der Waals surface area contributed by atoms with Gasteiger partial charge >= 0.3 is 15.3 Å². The molecule has 5 aromatic rings. The lowest BCUT2D eigenvalue weighted by molar-refractivity contribution is 0.100. The van der Waals surface area contributed by atoms with Gasteiger partial charge in [-0.15, -0.1) is 9.03 Å². The molecule has 0 spiro atoms. The van der Waals surface area contributed by atoms with Gasteiger partial charge in [0.25, 0.3) is 8.09 Å². The average Bonchev–Trinajstić information content (AvgIpc) is 3.15. The van der Waals surface area contributed by atoms with E-state index in [0.717, 1.165) is 0 Å². The van der Waals surface area contributed by atoms with Crippen molar-refractivity contribution in [3.63, 3.8) is 0 Å². The lowest BCUT2D eigenvalue weighted by Crippen LogP contribution is -2.07. The summed E-state index contributed by atoms with van der Waals surface area (Å²) >= 11 is 0. The Labute approximate surface area is 324 Å². The summed E-state index contributed by atoms with van der Waals surface area (Å²) in [4.78, 5) is 60.5. The summed E-state index contributed by atoms with van der Waals surface area (Å²) in [6, 6.07) is 31.8. The summed E-state index contributed by atoms with van der Waals surface area (Å²) in [7, 11) is -10.9. The summed E-state index contributed by atoms with van der Waals surface area (Å²) in [5, 5.41) is 0. The fourth-order valence-corrected chi connectivity index (χ4v) is 13.1. The molecular formula is C40H36N3O10P3. The topological polar surface area (TPSA) is 169 Å². The van der Waals surface area contributed by atoms with Crippen LogP contribution in [0.2, 0.25) is 0 Å². The minimum Gasteiger partial charge on any atom is -0.443 e. The van der Waals surface area contributed by atoms with Crippen molar-refractivity contribution in [1.29, 1.82) is 0 Å². The molecule has 0 aliphatic carbocycles. The Morgan fingerprint density at radius 3 is 0.911 bits per heavy atom. The third kappa shape index (κ3) is 9.86. The van der Waals surface area contributed by atoms with Crippen LogP contribution in [0.1, 0.15) is 86.4 Å². The number of Topliss-reactive ketones (excluding diaryl/α,β-unsaturated/α-hetero) is 5. The first-order valence-electron chi connectivity index (χ1n) is 17.1. The van der Waals surface area contributed by atoms with E-state index in [-0.39, 0.29) is 51.9 Å². The number of hydrogen-bond donors (Lipinski definition) is 0. The van der Waals surface area contributed by atoms with Crippen LogP contribution in [0.5, 0.6) is 28.7 Å². The molecule has 0 amide bonds. The SMILES string of the molecule is CC(=O)c1ccc(O[PH]2=NP(Oc3ccc(C(C)=O)cc3)(Oc3ccc(C(C)=O)cc3)=NP(Oc3ccc(C(C)=O)cc3)(Oc3ccc(C(C)=O)cc3)=N2)cc1. The maximum Gasteiger partial charge on any atom is 0.457 e. The van der Waals surface area contributed by atoms with Crippen molar-refractivity contribution in [1.82, 2.24) is 0 Å². The molecule has 0 saturated heterocycles. The summed E-state index contributed by atoms with van der Waals surface area (Å²) in [6.45, 7) is 7.23. The predicted octanol–water partition coefficient (Wildman–Crippen LogP) is 11.5. The van der Waals surface area contributed by atoms with Gasteiger partial charge in [0.2, 0.25) is 0 Å². The van der Waals surface area contributed by atoms with Crippen LogP contribution in [0.3, 0.4) is 0 Å². The van der Waals surface area contributed by atoms with Crippen molar-refractivity contribution >= 4 is 52.3 Å². The zero-order chi connectivity index (χ0) is 40.0. The molecule has 6 rings (SSSR count). The normalized spacial score (nSPS) is 15.1. The number of hydrogen-bond acceptors (Lipinski definition) is 13. The van der Waals surface area contributed by atoms with Gasteiger partial charge in [0.15, 0.2) is 28.9 Å². The van der Waals surface area contributed by atoms with Gasteiger partial charge in [-0.1, -0.05) is 4.52 Å². The Hall–Kier alpha value is -5.86. The minimum atomic E-state index is -4.03. The number of ketones is 5. The summed E-state index contributed by atoms with van der Waals surface area (Å²) in [6.07, 6.45) is 0. The standard InChI is InChI=1S/C40H36N3O10P3/c1-26(44)31-6-16-36(17-7-31)49-54-41-55(50-37-18-8-32(9-19-37)27(2)45,51-38-20-10-33(11-21-38)28(3)46)43-56(42-54,52-39-22-12-34(13-23-39)29(4)47)53-40-24-14-35(15-25-40)30(5)48/h6-25,54H,1-5H3. The molecule has 5 aromatic carbocycles. The lowest BCUT2D eigenvalue weighted by atomic mass is 10.1. The van der Waals surface area contributed by atoms with Crippen LogP contribution in [0.4, 0.5) is 0 Å². The Morgan fingerprint density at radius 1 is 0.393 bits per heavy atom. The monoisotopic (exact) mass is 811 g/mol. The number of rotatable bonds is 15. The van der Waals surface area contributed by atoms with Gasteiger partial charge in [-0.05, 0) is 156 Å². The zero-order valence-corrected chi connectivity index (χ0v) is 33.7. The Balaban J connectivity index is 1.59. The van der Waals surface area contributed by atoms with Crippen molar-refractivity contribution in [2.45, 2.75) is 34.6 Å². The second-order valence-corrected chi connectivity index (χ2v) is 18.2. The molecule has 0 saturated carbocycles. The van der Waals surface area contributed by atoms with Gasteiger partial charge in [-0.25, -0.2) is 0 Å². The molecule has 0 bridgehead atoms. The zero-order valence-electron chi connectivity index (χ0n) is 30.9. The first-order chi connectivity index (χ1) is 26.7. The molecule has 1 unspecified atom stereocenters. The van der Waals surface area contributed by atoms with E-state index >= 15 is 0 Å². The molecule has 1 aliphatic heterocycles. The number of nitrogens with zero attached hydrogens (tertiary/aromatic N) is 3. The minimum absolute atomic E-state index is 0.131. The first kappa shape index (κ1) is 39.8. The van der Waals surface area contributed by atoms with E-state index in [2.05, 4.69) is 0 Å². The van der Waals surface area contributed by atoms with Crippen molar-refractivity contribution < 1.29 is 46.6 Å². The van der Waals surface area contributed by atoms with E-state index in [4.69, 9.17) is 36.2 Å². The van der Waals surface area contributed by atoms with Crippen LogP contribution in [-0.2, 0) is 0 Å². The van der Waals surface area contributed by atoms with Crippen LogP contribution >= 0.6 is 23.4 Å². The van der Waals surface area contributed by atoms with E-state index in [0.29, 0.717) is 33.6 Å². The molecule has 13 nitrogen and oxygen atoms in total. The number of benzene rings is 5. The second kappa shape index (κ2) is 16.9. The van der Waals surface area contributed by atoms with Crippen molar-refractivity contribution in [3.05, 3.63) is 149 Å². The van der Waals surface area contributed by atoms with Gasteiger partial charge in [0.1, 0.15) is 28.7 Å². The van der Waals surface area contributed by atoms with Crippen LogP contribution in [0.25, 0.3) is 0 Å². The van der Waals surface area contributed by atoms with Gasteiger partial charge < -0.3 is 22.6 Å². The highest BCUT2D eigenvalue weighted by atomic mass is 31.3. The van der Waals surface area contributed by atoms with Gasteiger partial charge in [0.05, 0.1) is 0 Å². The van der Waals surface area contributed by atoms with Gasteiger partial charge in [-0.2, -0.15) is 0 Å². The van der Waals surface area contributed by atoms with Gasteiger partial charge in [0, 0.05) is 27.8 Å². The quantitative estimate of drug-likeness (QED) is 0.0732. The van der Waals surface area contributed by atoms with E-state index in [9.17, 15) is 24.0 Å². The lowest BCUT2D eigenvalue weighted by Gasteiger charge is -2.30. The largest absolute Gasteiger partial charge is 0.457 e. The van der Waals surface area contributed by atoms with Crippen LogP contribution < -0.4 is 22.6 Å². The maximum atomic E-state index is 12.1. The van der Waals surface area contributed by atoms with Crippen molar-refractivity contribution in [2.75, 3.05) is 0 Å². The molecule has 0 radical (unpaired) electrons. The third-order valence-electron chi connectivity index (χ3n) is 8.06. The fourth-order valence-electron chi connectivity index (χ4n) is 5.07. The molecule has 0 aromatic heterocycles. The highest BCUT2D eigenvalue weighted by Gasteiger charge is 2.41. The second-order valence-electron chi connectivity index (χ2n) is 12.4. The smallest absolute Gasteiger partial charge is 0.443 e. The van der Waals surface area contributed by atoms with E-state index in [1.165, 1.54) is 34.6 Å². The highest BCUT2D eigenvalue weighted by molar-refractivity contribution is 7.75. The van der Waals surface area contributed by atoms with E-state index in [1.807, 2.05) is 0 Å². The first-order valence-corrected chi connectivity index (χ1v) is 21.4. The Morgan fingerprint density at radius 2 is 0.643 bits per heavy atom. The molecule has 1 atom stereocenters. The summed E-state index contributed by atoms with van der Waals surface area (Å²) < 4.78 is 47.7. The van der Waals surface area contributed by atoms with Crippen LogP contribution in [0.15, 0.2) is 135 Å². The Kier molecular flexibility index (Phi) is 12.0. The third-order valence-corrected chi connectivity index (χ3v) is 15.5. The highest BCUT2D eigenvalue weighted by Crippen LogP contribution is 2.73. The molecule has 56 heavy (non-hydrogen) atoms. The Bertz CT molecular complexity index is 2230. The molecule has 286 valence electrons. The fraction of sp³-hybridized carbons (Fsp3) is 0.125.